The van der Waals surface area contributed by atoms with E-state index in [1.807, 2.05) is 13.8 Å². The molecule has 14 heteroatoms. The van der Waals surface area contributed by atoms with Crippen molar-refractivity contribution >= 4 is 32.4 Å². The lowest BCUT2D eigenvalue weighted by atomic mass is 9.96. The number of sulfonamides is 1. The highest BCUT2D eigenvalue weighted by Crippen LogP contribution is 2.30. The van der Waals surface area contributed by atoms with Gasteiger partial charge in [-0.1, -0.05) is 26.0 Å². The van der Waals surface area contributed by atoms with Crippen molar-refractivity contribution in [1.29, 1.82) is 0 Å². The molecule has 0 unspecified atom stereocenters. The van der Waals surface area contributed by atoms with Gasteiger partial charge in [-0.05, 0) is 73.7 Å². The topological polar surface area (TPSA) is 138 Å². The second-order valence-corrected chi connectivity index (χ2v) is 13.8. The van der Waals surface area contributed by atoms with Crippen LogP contribution in [0.2, 0.25) is 0 Å². The number of nitrogens with two attached hydrogens (primary N) is 2. The van der Waals surface area contributed by atoms with E-state index in [4.69, 9.17) is 11.6 Å². The van der Waals surface area contributed by atoms with Crippen LogP contribution in [0.15, 0.2) is 48.7 Å². The predicted molar refractivity (Wildman–Crippen MR) is 166 cm³/mol. The van der Waals surface area contributed by atoms with Gasteiger partial charge in [0.15, 0.2) is 5.78 Å². The summed E-state index contributed by atoms with van der Waals surface area (Å²) >= 11 is 0. The Kier molecular flexibility index (Phi) is 10.9. The minimum atomic E-state index is -4.48. The van der Waals surface area contributed by atoms with Gasteiger partial charge in [-0.25, -0.2) is 23.4 Å². The molecule has 2 aromatic carbocycles. The fourth-order valence-electron chi connectivity index (χ4n) is 5.55. The molecule has 0 aliphatic carbocycles. The molecule has 1 fully saturated rings. The van der Waals surface area contributed by atoms with Crippen molar-refractivity contribution in [3.63, 3.8) is 0 Å². The molecule has 6 N–H and O–H groups in total. The molecule has 1 saturated heterocycles. The standard InChI is InChI=1S/C31H40F4N6O3S/c1-20(2)15-28(42)30-29(25-16-24(32)7-8-27(25)39-30)26(36)18-41(37)17-21-9-12-40(13-10-21)14-11-38-45(43,44)19-22-3-5-23(6-4-22)31(33,34)35/h3-8,16,18,20-21,38-39H,9-15,17,19,36-37H2,1-2H3/b26-18-. The lowest BCUT2D eigenvalue weighted by Crippen LogP contribution is -2.42. The summed E-state index contributed by atoms with van der Waals surface area (Å²) in [5.74, 6) is 5.71. The SMILES string of the molecule is CC(C)CC(=O)c1[nH]c2ccc(F)cc2c1/C(N)=C/N(N)CC1CCN(CCNS(=O)(=O)Cc2ccc(C(F)(F)F)cc2)CC1. The van der Waals surface area contributed by atoms with Crippen LogP contribution in [-0.2, 0) is 22.0 Å². The first-order valence-corrected chi connectivity index (χ1v) is 16.5. The summed E-state index contributed by atoms with van der Waals surface area (Å²) in [6, 6.07) is 8.32. The number of carbonyl (C=O) groups excluding carboxylic acids is 1. The average molecular weight is 653 g/mol. The van der Waals surface area contributed by atoms with Gasteiger partial charge in [0.25, 0.3) is 0 Å². The average Bonchev–Trinajstić information content (AvgIpc) is 3.32. The number of halogens is 4. The van der Waals surface area contributed by atoms with Crippen LogP contribution in [0.3, 0.4) is 0 Å². The third-order valence-corrected chi connectivity index (χ3v) is 9.15. The number of likely N-dealkylation sites (tertiary alicyclic amines) is 1. The summed E-state index contributed by atoms with van der Waals surface area (Å²) in [7, 11) is -3.72. The van der Waals surface area contributed by atoms with Crippen molar-refractivity contribution in [1.82, 2.24) is 19.6 Å². The predicted octanol–water partition coefficient (Wildman–Crippen LogP) is 4.82. The maximum Gasteiger partial charge on any atom is 0.416 e. The molecule has 45 heavy (non-hydrogen) atoms. The lowest BCUT2D eigenvalue weighted by molar-refractivity contribution is -0.137. The summed E-state index contributed by atoms with van der Waals surface area (Å²) in [6.07, 6.45) is -0.973. The summed E-state index contributed by atoms with van der Waals surface area (Å²) in [5, 5.41) is 1.99. The van der Waals surface area contributed by atoms with Gasteiger partial charge in [-0.15, -0.1) is 0 Å². The zero-order valence-corrected chi connectivity index (χ0v) is 26.1. The Morgan fingerprint density at radius 1 is 1.16 bits per heavy atom. The van der Waals surface area contributed by atoms with E-state index in [-0.39, 0.29) is 35.4 Å². The fraction of sp³-hybridized carbons (Fsp3) is 0.452. The number of ketones is 1. The Balaban J connectivity index is 1.28. The maximum atomic E-state index is 14.1. The number of aromatic nitrogens is 1. The number of benzene rings is 2. The second-order valence-electron chi connectivity index (χ2n) is 12.0. The molecular formula is C31H40F4N6O3S. The zero-order valence-electron chi connectivity index (χ0n) is 25.3. The van der Waals surface area contributed by atoms with Gasteiger partial charge in [-0.2, -0.15) is 13.2 Å². The number of rotatable bonds is 13. The number of hydrazine groups is 1. The van der Waals surface area contributed by atoms with Crippen LogP contribution in [-0.4, -0.2) is 61.8 Å². The largest absolute Gasteiger partial charge is 0.416 e. The van der Waals surface area contributed by atoms with Gasteiger partial charge in [0, 0.05) is 48.7 Å². The van der Waals surface area contributed by atoms with E-state index in [2.05, 4.69) is 14.6 Å². The number of H-pyrrole nitrogens is 1. The number of carbonyl (C=O) groups is 1. The molecule has 2 heterocycles. The summed E-state index contributed by atoms with van der Waals surface area (Å²) < 4.78 is 79.7. The Hall–Kier alpha value is -3.46. The third-order valence-electron chi connectivity index (χ3n) is 7.79. The molecule has 1 aliphatic rings. The molecule has 3 aromatic rings. The highest BCUT2D eigenvalue weighted by molar-refractivity contribution is 7.88. The molecule has 0 radical (unpaired) electrons. The van der Waals surface area contributed by atoms with E-state index in [0.29, 0.717) is 41.7 Å². The number of fused-ring (bicyclic) bond motifs is 1. The van der Waals surface area contributed by atoms with Gasteiger partial charge in [0.1, 0.15) is 5.82 Å². The van der Waals surface area contributed by atoms with Crippen LogP contribution in [0, 0.1) is 17.7 Å². The maximum absolute atomic E-state index is 14.1. The first-order chi connectivity index (χ1) is 21.1. The Bertz CT molecular complexity index is 1610. The van der Waals surface area contributed by atoms with E-state index in [0.717, 1.165) is 38.1 Å². The number of aromatic amines is 1. The number of hydrogen-bond acceptors (Lipinski definition) is 7. The number of nitrogens with one attached hydrogen (secondary N) is 2. The Morgan fingerprint density at radius 2 is 1.82 bits per heavy atom. The minimum Gasteiger partial charge on any atom is -0.397 e. The van der Waals surface area contributed by atoms with Gasteiger partial charge in [-0.3, -0.25) is 4.79 Å². The highest BCUT2D eigenvalue weighted by Gasteiger charge is 2.30. The van der Waals surface area contributed by atoms with Crippen molar-refractivity contribution in [2.75, 3.05) is 32.7 Å². The van der Waals surface area contributed by atoms with E-state index < -0.39 is 33.3 Å². The van der Waals surface area contributed by atoms with Crippen LogP contribution >= 0.6 is 0 Å². The van der Waals surface area contributed by atoms with E-state index in [1.165, 1.54) is 29.3 Å². The van der Waals surface area contributed by atoms with E-state index >= 15 is 0 Å². The first-order valence-electron chi connectivity index (χ1n) is 14.8. The van der Waals surface area contributed by atoms with E-state index in [9.17, 15) is 30.8 Å². The van der Waals surface area contributed by atoms with E-state index in [1.54, 1.807) is 12.3 Å². The molecule has 246 valence electrons. The van der Waals surface area contributed by atoms with Crippen molar-refractivity contribution in [2.45, 2.75) is 45.0 Å². The van der Waals surface area contributed by atoms with Gasteiger partial charge >= 0.3 is 6.18 Å². The van der Waals surface area contributed by atoms with Crippen molar-refractivity contribution in [2.24, 2.45) is 23.4 Å². The summed E-state index contributed by atoms with van der Waals surface area (Å²) in [4.78, 5) is 18.2. The molecule has 0 saturated carbocycles. The molecule has 0 atom stereocenters. The van der Waals surface area contributed by atoms with Crippen molar-refractivity contribution < 1.29 is 30.8 Å². The minimum absolute atomic E-state index is 0.120. The van der Waals surface area contributed by atoms with Gasteiger partial charge in [0.05, 0.1) is 22.7 Å². The fourth-order valence-corrected chi connectivity index (χ4v) is 6.69. The van der Waals surface area contributed by atoms with Crippen molar-refractivity contribution in [3.05, 3.63) is 76.9 Å². The van der Waals surface area contributed by atoms with Gasteiger partial charge < -0.3 is 20.6 Å². The highest BCUT2D eigenvalue weighted by atomic mass is 32.2. The van der Waals surface area contributed by atoms with Crippen LogP contribution in [0.4, 0.5) is 17.6 Å². The van der Waals surface area contributed by atoms with Crippen LogP contribution in [0.5, 0.6) is 0 Å². The van der Waals surface area contributed by atoms with Crippen LogP contribution in [0.1, 0.15) is 60.3 Å². The molecule has 0 amide bonds. The monoisotopic (exact) mass is 652 g/mol. The van der Waals surface area contributed by atoms with Crippen LogP contribution < -0.4 is 16.3 Å². The number of hydrogen-bond donors (Lipinski definition) is 4. The Morgan fingerprint density at radius 3 is 2.44 bits per heavy atom. The first kappa shape index (κ1) is 34.4. The molecule has 1 aromatic heterocycles. The smallest absolute Gasteiger partial charge is 0.397 e. The number of piperidine rings is 1. The molecule has 0 bridgehead atoms. The third kappa shape index (κ3) is 9.52. The normalized spacial score (nSPS) is 15.7. The molecular weight excluding hydrogens is 612 g/mol. The van der Waals surface area contributed by atoms with Crippen molar-refractivity contribution in [3.8, 4) is 0 Å². The quantitative estimate of drug-likeness (QED) is 0.0900. The second kappa shape index (κ2) is 14.3. The molecule has 4 rings (SSSR count). The summed E-state index contributed by atoms with van der Waals surface area (Å²) in [5.41, 5.74) is 7.51. The number of alkyl halides is 3. The molecule has 1 aliphatic heterocycles. The molecule has 0 spiro atoms. The lowest BCUT2D eigenvalue weighted by Gasteiger charge is -2.33. The molecule has 9 nitrogen and oxygen atoms in total. The van der Waals surface area contributed by atoms with Crippen LogP contribution in [0.25, 0.3) is 16.6 Å². The van der Waals surface area contributed by atoms with Gasteiger partial charge in [0.2, 0.25) is 10.0 Å². The number of nitrogens with zero attached hydrogens (tertiary/aromatic N) is 2. The number of Topliss-reactive ketones (excluding diaryl/α,β-unsaturated/α-hetero) is 1. The zero-order chi connectivity index (χ0) is 32.9. The summed E-state index contributed by atoms with van der Waals surface area (Å²) in [6.45, 7) is 6.51. The Labute approximate surface area is 260 Å².